The molecule has 0 saturated carbocycles. The zero-order chi connectivity index (χ0) is 13.4. The van der Waals surface area contributed by atoms with Crippen LogP contribution in [0.1, 0.15) is 27.2 Å². The number of para-hydroxylation sites is 1. The van der Waals surface area contributed by atoms with Crippen LogP contribution in [0.4, 0.5) is 5.69 Å². The van der Waals surface area contributed by atoms with Gasteiger partial charge < -0.3 is 5.32 Å². The van der Waals surface area contributed by atoms with Crippen LogP contribution < -0.4 is 5.32 Å². The molecule has 1 aromatic carbocycles. The number of hydrogen-bond donors (Lipinski definition) is 1. The Morgan fingerprint density at radius 2 is 1.94 bits per heavy atom. The van der Waals surface area contributed by atoms with E-state index < -0.39 is 0 Å². The van der Waals surface area contributed by atoms with Gasteiger partial charge in [-0.1, -0.05) is 39.0 Å². The van der Waals surface area contributed by atoms with Gasteiger partial charge >= 0.3 is 0 Å². The molecule has 0 heterocycles. The van der Waals surface area contributed by atoms with E-state index in [4.69, 9.17) is 0 Å². The van der Waals surface area contributed by atoms with Crippen molar-refractivity contribution in [1.29, 1.82) is 0 Å². The number of amides is 1. The van der Waals surface area contributed by atoms with Crippen LogP contribution in [0.15, 0.2) is 30.3 Å². The van der Waals surface area contributed by atoms with Crippen molar-refractivity contribution in [2.24, 2.45) is 5.92 Å². The lowest BCUT2D eigenvalue weighted by atomic mass is 10.2. The lowest BCUT2D eigenvalue weighted by Crippen LogP contribution is -2.36. The Morgan fingerprint density at radius 1 is 1.28 bits per heavy atom. The fourth-order valence-corrected chi connectivity index (χ4v) is 1.99. The van der Waals surface area contributed by atoms with Crippen LogP contribution in [0.25, 0.3) is 0 Å². The highest BCUT2D eigenvalue weighted by molar-refractivity contribution is 5.92. The third kappa shape index (κ3) is 5.82. The van der Waals surface area contributed by atoms with Gasteiger partial charge in [-0.3, -0.25) is 9.69 Å². The van der Waals surface area contributed by atoms with Crippen LogP contribution in [0.3, 0.4) is 0 Å². The van der Waals surface area contributed by atoms with Crippen LogP contribution in [-0.2, 0) is 4.79 Å². The van der Waals surface area contributed by atoms with Gasteiger partial charge in [0.15, 0.2) is 0 Å². The number of benzene rings is 1. The minimum Gasteiger partial charge on any atom is -0.325 e. The van der Waals surface area contributed by atoms with E-state index in [0.717, 1.165) is 25.2 Å². The van der Waals surface area contributed by atoms with Gasteiger partial charge in [0.25, 0.3) is 0 Å². The molecule has 3 heteroatoms. The van der Waals surface area contributed by atoms with E-state index in [1.807, 2.05) is 30.3 Å². The molecule has 1 amide bonds. The molecule has 0 aliphatic carbocycles. The highest BCUT2D eigenvalue weighted by Gasteiger charge is 2.11. The van der Waals surface area contributed by atoms with E-state index >= 15 is 0 Å². The molecule has 1 rings (SSSR count). The van der Waals surface area contributed by atoms with Crippen molar-refractivity contribution in [1.82, 2.24) is 4.90 Å². The molecule has 0 aliphatic heterocycles. The maximum atomic E-state index is 11.9. The maximum absolute atomic E-state index is 11.9. The number of nitrogens with one attached hydrogen (secondary N) is 1. The first-order valence-corrected chi connectivity index (χ1v) is 6.69. The summed E-state index contributed by atoms with van der Waals surface area (Å²) in [5, 5.41) is 2.92. The lowest BCUT2D eigenvalue weighted by Gasteiger charge is -2.23. The summed E-state index contributed by atoms with van der Waals surface area (Å²) in [5.41, 5.74) is 0.864. The number of anilines is 1. The SMILES string of the molecule is CCCN(CC(=O)Nc1ccccc1)CC(C)C. The highest BCUT2D eigenvalue weighted by atomic mass is 16.2. The Kier molecular flexibility index (Phi) is 6.44. The summed E-state index contributed by atoms with van der Waals surface area (Å²) in [6.07, 6.45) is 1.07. The van der Waals surface area contributed by atoms with Crippen molar-refractivity contribution in [3.63, 3.8) is 0 Å². The molecule has 18 heavy (non-hydrogen) atoms. The Morgan fingerprint density at radius 3 is 2.50 bits per heavy atom. The van der Waals surface area contributed by atoms with Crippen molar-refractivity contribution < 1.29 is 4.79 Å². The molecule has 0 unspecified atom stereocenters. The van der Waals surface area contributed by atoms with Gasteiger partial charge in [-0.15, -0.1) is 0 Å². The maximum Gasteiger partial charge on any atom is 0.238 e. The van der Waals surface area contributed by atoms with Crippen molar-refractivity contribution in [2.45, 2.75) is 27.2 Å². The molecular formula is C15H24N2O. The Hall–Kier alpha value is -1.35. The topological polar surface area (TPSA) is 32.3 Å². The zero-order valence-electron chi connectivity index (χ0n) is 11.6. The second kappa shape index (κ2) is 7.88. The summed E-state index contributed by atoms with van der Waals surface area (Å²) in [6, 6.07) is 9.61. The number of nitrogens with zero attached hydrogens (tertiary/aromatic N) is 1. The quantitative estimate of drug-likeness (QED) is 0.804. The summed E-state index contributed by atoms with van der Waals surface area (Å²) < 4.78 is 0. The van der Waals surface area contributed by atoms with E-state index in [0.29, 0.717) is 12.5 Å². The summed E-state index contributed by atoms with van der Waals surface area (Å²) >= 11 is 0. The van der Waals surface area contributed by atoms with E-state index in [-0.39, 0.29) is 5.91 Å². The van der Waals surface area contributed by atoms with Gasteiger partial charge in [-0.05, 0) is 31.0 Å². The smallest absolute Gasteiger partial charge is 0.238 e. The Bertz CT molecular complexity index is 349. The average Bonchev–Trinajstić information content (AvgIpc) is 2.29. The molecular weight excluding hydrogens is 224 g/mol. The van der Waals surface area contributed by atoms with Crippen LogP contribution in [-0.4, -0.2) is 30.4 Å². The minimum atomic E-state index is 0.0651. The van der Waals surface area contributed by atoms with Crippen molar-refractivity contribution in [2.75, 3.05) is 25.0 Å². The van der Waals surface area contributed by atoms with Crippen LogP contribution in [0.5, 0.6) is 0 Å². The average molecular weight is 248 g/mol. The van der Waals surface area contributed by atoms with Gasteiger partial charge in [0.2, 0.25) is 5.91 Å². The minimum absolute atomic E-state index is 0.0651. The standard InChI is InChI=1S/C15H24N2O/c1-4-10-17(11-13(2)3)12-15(18)16-14-8-6-5-7-9-14/h5-9,13H,4,10-12H2,1-3H3,(H,16,18). The van der Waals surface area contributed by atoms with Gasteiger partial charge in [0, 0.05) is 12.2 Å². The largest absolute Gasteiger partial charge is 0.325 e. The molecule has 0 bridgehead atoms. The molecule has 0 radical (unpaired) electrons. The zero-order valence-corrected chi connectivity index (χ0v) is 11.6. The van der Waals surface area contributed by atoms with E-state index in [9.17, 15) is 4.79 Å². The predicted octanol–water partition coefficient (Wildman–Crippen LogP) is 2.99. The number of rotatable bonds is 7. The summed E-state index contributed by atoms with van der Waals surface area (Å²) in [7, 11) is 0. The molecule has 0 spiro atoms. The van der Waals surface area contributed by atoms with Crippen molar-refractivity contribution >= 4 is 11.6 Å². The second-order valence-electron chi connectivity index (χ2n) is 5.04. The fourth-order valence-electron chi connectivity index (χ4n) is 1.99. The normalized spacial score (nSPS) is 10.9. The fraction of sp³-hybridized carbons (Fsp3) is 0.533. The molecule has 1 N–H and O–H groups in total. The van der Waals surface area contributed by atoms with Crippen molar-refractivity contribution in [3.8, 4) is 0 Å². The van der Waals surface area contributed by atoms with Crippen LogP contribution in [0.2, 0.25) is 0 Å². The van der Waals surface area contributed by atoms with Crippen molar-refractivity contribution in [3.05, 3.63) is 30.3 Å². The number of hydrogen-bond acceptors (Lipinski definition) is 2. The molecule has 0 aromatic heterocycles. The lowest BCUT2D eigenvalue weighted by molar-refractivity contribution is -0.117. The number of carbonyl (C=O) groups excluding carboxylic acids is 1. The van der Waals surface area contributed by atoms with Crippen LogP contribution in [0, 0.1) is 5.92 Å². The first kappa shape index (κ1) is 14.7. The Labute approximate surface area is 110 Å². The molecule has 0 fully saturated rings. The summed E-state index contributed by atoms with van der Waals surface area (Å²) in [5.74, 6) is 0.649. The van der Waals surface area contributed by atoms with E-state index in [2.05, 4.69) is 31.0 Å². The first-order chi connectivity index (χ1) is 8.61. The molecule has 0 atom stereocenters. The third-order valence-corrected chi connectivity index (χ3v) is 2.59. The summed E-state index contributed by atoms with van der Waals surface area (Å²) in [6.45, 7) is 8.91. The number of carbonyl (C=O) groups is 1. The van der Waals surface area contributed by atoms with Gasteiger partial charge in [-0.25, -0.2) is 0 Å². The summed E-state index contributed by atoms with van der Waals surface area (Å²) in [4.78, 5) is 14.1. The molecule has 0 saturated heterocycles. The van der Waals surface area contributed by atoms with Gasteiger partial charge in [-0.2, -0.15) is 0 Å². The first-order valence-electron chi connectivity index (χ1n) is 6.69. The Balaban J connectivity index is 2.45. The van der Waals surface area contributed by atoms with E-state index in [1.165, 1.54) is 0 Å². The molecule has 3 nitrogen and oxygen atoms in total. The van der Waals surface area contributed by atoms with Gasteiger partial charge in [0.05, 0.1) is 6.54 Å². The van der Waals surface area contributed by atoms with Crippen LogP contribution >= 0.6 is 0 Å². The van der Waals surface area contributed by atoms with Gasteiger partial charge in [0.1, 0.15) is 0 Å². The highest BCUT2D eigenvalue weighted by Crippen LogP contribution is 2.06. The predicted molar refractivity (Wildman–Crippen MR) is 76.6 cm³/mol. The molecule has 100 valence electrons. The second-order valence-corrected chi connectivity index (χ2v) is 5.04. The third-order valence-electron chi connectivity index (χ3n) is 2.59. The van der Waals surface area contributed by atoms with E-state index in [1.54, 1.807) is 0 Å². The molecule has 1 aromatic rings. The molecule has 0 aliphatic rings. The monoisotopic (exact) mass is 248 g/mol.